The van der Waals surface area contributed by atoms with Gasteiger partial charge in [0.25, 0.3) is 0 Å². The summed E-state index contributed by atoms with van der Waals surface area (Å²) < 4.78 is 25.2. The van der Waals surface area contributed by atoms with Gasteiger partial charge in [-0.25, -0.2) is 9.37 Å². The minimum atomic E-state index is -0.499. The van der Waals surface area contributed by atoms with Gasteiger partial charge in [-0.05, 0) is 53.6 Å². The van der Waals surface area contributed by atoms with E-state index < -0.39 is 5.82 Å². The Morgan fingerprint density at radius 2 is 1.85 bits per heavy atom. The van der Waals surface area contributed by atoms with Gasteiger partial charge in [0.15, 0.2) is 0 Å². The van der Waals surface area contributed by atoms with Gasteiger partial charge in [-0.3, -0.25) is 0 Å². The highest BCUT2D eigenvalue weighted by Crippen LogP contribution is 2.28. The molecule has 0 saturated heterocycles. The molecule has 0 saturated carbocycles. The molecule has 5 nitrogen and oxygen atoms in total. The average molecular weight is 458 g/mol. The first-order chi connectivity index (χ1) is 16.2. The zero-order valence-corrected chi connectivity index (χ0v) is 18.0. The van der Waals surface area contributed by atoms with Crippen molar-refractivity contribution in [1.82, 2.24) is 15.2 Å². The van der Waals surface area contributed by atoms with Gasteiger partial charge in [-0.1, -0.05) is 54.1 Å². The van der Waals surface area contributed by atoms with Crippen LogP contribution in [0.5, 0.6) is 5.75 Å². The molecule has 0 N–H and O–H groups in total. The van der Waals surface area contributed by atoms with Crippen LogP contribution in [0.1, 0.15) is 22.7 Å². The summed E-state index contributed by atoms with van der Waals surface area (Å²) in [7, 11) is 0. The predicted octanol–water partition coefficient (Wildman–Crippen LogP) is 6.58. The Morgan fingerprint density at radius 3 is 2.64 bits per heavy atom. The van der Waals surface area contributed by atoms with Crippen LogP contribution in [0, 0.1) is 5.82 Å². The van der Waals surface area contributed by atoms with Crippen LogP contribution < -0.4 is 4.74 Å². The summed E-state index contributed by atoms with van der Waals surface area (Å²) >= 11 is 5.80. The van der Waals surface area contributed by atoms with Gasteiger partial charge in [0.05, 0.1) is 16.2 Å². The Hall–Kier alpha value is -4.03. The van der Waals surface area contributed by atoms with E-state index in [2.05, 4.69) is 15.2 Å². The topological polar surface area (TPSA) is 61.0 Å². The molecule has 0 amide bonds. The van der Waals surface area contributed by atoms with E-state index in [9.17, 15) is 4.39 Å². The molecule has 0 spiro atoms. The first kappa shape index (κ1) is 20.8. The van der Waals surface area contributed by atoms with Crippen molar-refractivity contribution < 1.29 is 13.5 Å². The normalized spacial score (nSPS) is 11.6. The van der Waals surface area contributed by atoms with Crippen LogP contribution in [-0.4, -0.2) is 15.2 Å². The van der Waals surface area contributed by atoms with Crippen LogP contribution in [-0.2, 0) is 6.61 Å². The zero-order valence-electron chi connectivity index (χ0n) is 17.3. The van der Waals surface area contributed by atoms with E-state index in [1.165, 1.54) is 18.5 Å². The Morgan fingerprint density at radius 1 is 1.00 bits per heavy atom. The van der Waals surface area contributed by atoms with Gasteiger partial charge in [0.1, 0.15) is 18.2 Å². The number of ether oxygens (including phenoxy) is 1. The lowest BCUT2D eigenvalue weighted by Gasteiger charge is -2.09. The maximum atomic E-state index is 13.9. The first-order valence-electron chi connectivity index (χ1n) is 10.2. The molecular formula is C26H17ClFN3O2. The minimum absolute atomic E-state index is 0.0638. The molecule has 0 unspecified atom stereocenters. The van der Waals surface area contributed by atoms with E-state index >= 15 is 0 Å². The van der Waals surface area contributed by atoms with Crippen LogP contribution in [0.15, 0.2) is 89.7 Å². The lowest BCUT2D eigenvalue weighted by molar-refractivity contribution is 0.302. The van der Waals surface area contributed by atoms with Crippen LogP contribution in [0.3, 0.4) is 0 Å². The maximum absolute atomic E-state index is 13.9. The van der Waals surface area contributed by atoms with Crippen LogP contribution in [0.2, 0.25) is 5.02 Å². The molecule has 0 aliphatic rings. The third-order valence-electron chi connectivity index (χ3n) is 5.05. The third-order valence-corrected chi connectivity index (χ3v) is 5.36. The largest absolute Gasteiger partial charge is 0.487 e. The van der Waals surface area contributed by atoms with Crippen molar-refractivity contribution in [3.63, 3.8) is 0 Å². The van der Waals surface area contributed by atoms with Crippen molar-refractivity contribution in [3.8, 4) is 5.75 Å². The Kier molecular flexibility index (Phi) is 5.83. The number of rotatable bonds is 6. The van der Waals surface area contributed by atoms with Gasteiger partial charge in [0.2, 0.25) is 12.3 Å². The molecule has 0 aliphatic heterocycles. The van der Waals surface area contributed by atoms with Gasteiger partial charge >= 0.3 is 0 Å². The fourth-order valence-corrected chi connectivity index (χ4v) is 3.52. The summed E-state index contributed by atoms with van der Waals surface area (Å²) in [6.07, 6.45) is 3.02. The zero-order chi connectivity index (χ0) is 22.6. The lowest BCUT2D eigenvalue weighted by Crippen LogP contribution is -1.98. The van der Waals surface area contributed by atoms with Crippen molar-refractivity contribution >= 4 is 34.2 Å². The summed E-state index contributed by atoms with van der Waals surface area (Å²) in [4.78, 5) is 4.63. The SMILES string of the molecule is Fc1cc(C=C(c2ccc(OCc3ccc4ccccc4n3)cc2)c2nnco2)ccc1Cl. The smallest absolute Gasteiger partial charge is 0.248 e. The molecular weight excluding hydrogens is 441 g/mol. The van der Waals surface area contributed by atoms with Crippen molar-refractivity contribution in [2.24, 2.45) is 0 Å². The Bertz CT molecular complexity index is 1430. The fraction of sp³-hybridized carbons (Fsp3) is 0.0385. The number of hydrogen-bond donors (Lipinski definition) is 0. The number of pyridine rings is 1. The minimum Gasteiger partial charge on any atom is -0.487 e. The van der Waals surface area contributed by atoms with E-state index in [4.69, 9.17) is 20.8 Å². The molecule has 33 heavy (non-hydrogen) atoms. The third kappa shape index (κ3) is 4.76. The second-order valence-electron chi connectivity index (χ2n) is 7.28. The fourth-order valence-electron chi connectivity index (χ4n) is 3.40. The standard InChI is InChI=1S/C26H17ClFN3O2/c27-23-12-5-17(14-24(23)28)13-22(26-31-29-16-33-26)18-7-10-21(11-8-18)32-15-20-9-6-19-3-1-2-4-25(19)30-20/h1-14,16H,15H2. The molecule has 2 heterocycles. The number of halogens is 2. The molecule has 0 aliphatic carbocycles. The predicted molar refractivity (Wildman–Crippen MR) is 125 cm³/mol. The van der Waals surface area contributed by atoms with E-state index in [0.29, 0.717) is 29.4 Å². The summed E-state index contributed by atoms with van der Waals surface area (Å²) in [5.41, 5.74) is 3.85. The quantitative estimate of drug-likeness (QED) is 0.269. The second-order valence-corrected chi connectivity index (χ2v) is 7.69. The number of nitrogens with zero attached hydrogens (tertiary/aromatic N) is 3. The van der Waals surface area contributed by atoms with Crippen molar-refractivity contribution in [1.29, 1.82) is 0 Å². The molecule has 2 aromatic heterocycles. The summed E-state index contributed by atoms with van der Waals surface area (Å²) in [5.74, 6) is 0.511. The van der Waals surface area contributed by atoms with E-state index in [1.807, 2.05) is 60.7 Å². The van der Waals surface area contributed by atoms with Crippen LogP contribution >= 0.6 is 11.6 Å². The van der Waals surface area contributed by atoms with Crippen molar-refractivity contribution in [2.75, 3.05) is 0 Å². The first-order valence-corrected chi connectivity index (χ1v) is 10.5. The van der Waals surface area contributed by atoms with Gasteiger partial charge in [0, 0.05) is 11.0 Å². The van der Waals surface area contributed by atoms with Crippen LogP contribution in [0.4, 0.5) is 4.39 Å². The number of para-hydroxylation sites is 1. The molecule has 5 rings (SSSR count). The maximum Gasteiger partial charge on any atom is 0.248 e. The van der Waals surface area contributed by atoms with Crippen LogP contribution in [0.25, 0.3) is 22.6 Å². The molecule has 5 aromatic rings. The highest BCUT2D eigenvalue weighted by molar-refractivity contribution is 6.30. The molecule has 0 atom stereocenters. The summed E-state index contributed by atoms with van der Waals surface area (Å²) in [6, 6.07) is 24.0. The number of fused-ring (bicyclic) bond motifs is 1. The highest BCUT2D eigenvalue weighted by Gasteiger charge is 2.12. The Balaban J connectivity index is 1.37. The molecule has 7 heteroatoms. The molecule has 0 bridgehead atoms. The molecule has 0 radical (unpaired) electrons. The van der Waals surface area contributed by atoms with Gasteiger partial charge < -0.3 is 9.15 Å². The number of hydrogen-bond acceptors (Lipinski definition) is 5. The van der Waals surface area contributed by atoms with Gasteiger partial charge in [-0.2, -0.15) is 0 Å². The van der Waals surface area contributed by atoms with E-state index in [-0.39, 0.29) is 5.02 Å². The van der Waals surface area contributed by atoms with E-state index in [0.717, 1.165) is 22.2 Å². The van der Waals surface area contributed by atoms with Crippen molar-refractivity contribution in [2.45, 2.75) is 6.61 Å². The van der Waals surface area contributed by atoms with E-state index in [1.54, 1.807) is 12.1 Å². The number of benzene rings is 3. The molecule has 162 valence electrons. The second kappa shape index (κ2) is 9.22. The van der Waals surface area contributed by atoms with Gasteiger partial charge in [-0.15, -0.1) is 10.2 Å². The highest BCUT2D eigenvalue weighted by atomic mass is 35.5. The molecule has 3 aromatic carbocycles. The Labute approximate surface area is 194 Å². The monoisotopic (exact) mass is 457 g/mol. The summed E-state index contributed by atoms with van der Waals surface area (Å²) in [5, 5.41) is 8.92. The number of aromatic nitrogens is 3. The molecule has 0 fully saturated rings. The summed E-state index contributed by atoms with van der Waals surface area (Å²) in [6.45, 7) is 0.348. The van der Waals surface area contributed by atoms with Crippen molar-refractivity contribution in [3.05, 3.63) is 119 Å². The lowest BCUT2D eigenvalue weighted by atomic mass is 10.0. The average Bonchev–Trinajstić information content (AvgIpc) is 3.38.